The molecular formula is C29H20BrIN2O4. The number of ether oxygens (including phenoxy) is 1. The van der Waals surface area contributed by atoms with Crippen molar-refractivity contribution in [3.8, 4) is 5.75 Å². The molecule has 4 amide bonds. The SMILES string of the molecule is Cc1cc(N2C(=O)NC(=O)/C(=C\c3ccc(OCc4ccc5ccccc5c4)c(I)c3)C2=O)ccc1Br. The number of amides is 4. The second kappa shape index (κ2) is 10.5. The molecule has 4 aromatic carbocycles. The first-order valence-electron chi connectivity index (χ1n) is 11.4. The van der Waals surface area contributed by atoms with Crippen LogP contribution in [0, 0.1) is 10.5 Å². The number of carbonyl (C=O) groups excluding carboxylic acids is 3. The number of urea groups is 1. The van der Waals surface area contributed by atoms with E-state index in [1.807, 2.05) is 31.2 Å². The summed E-state index contributed by atoms with van der Waals surface area (Å²) in [6.07, 6.45) is 1.48. The first-order valence-corrected chi connectivity index (χ1v) is 13.2. The summed E-state index contributed by atoms with van der Waals surface area (Å²) in [5, 5.41) is 4.59. The van der Waals surface area contributed by atoms with Gasteiger partial charge in [0.05, 0.1) is 9.26 Å². The molecule has 5 rings (SSSR count). The molecule has 0 aliphatic carbocycles. The van der Waals surface area contributed by atoms with Gasteiger partial charge in [0.2, 0.25) is 0 Å². The van der Waals surface area contributed by atoms with Crippen molar-refractivity contribution in [1.82, 2.24) is 5.32 Å². The number of rotatable bonds is 5. The molecule has 4 aromatic rings. The number of aryl methyl sites for hydroxylation is 1. The first kappa shape index (κ1) is 25.2. The number of barbiturate groups is 1. The molecule has 1 aliphatic heterocycles. The summed E-state index contributed by atoms with van der Waals surface area (Å²) in [4.78, 5) is 39.2. The molecule has 0 bridgehead atoms. The van der Waals surface area contributed by atoms with E-state index in [1.165, 1.54) is 11.5 Å². The molecule has 6 nitrogen and oxygen atoms in total. The van der Waals surface area contributed by atoms with Crippen molar-refractivity contribution in [1.29, 1.82) is 0 Å². The predicted octanol–water partition coefficient (Wildman–Crippen LogP) is 6.76. The number of halogens is 2. The molecule has 0 aromatic heterocycles. The minimum Gasteiger partial charge on any atom is -0.488 e. The third-order valence-corrected chi connectivity index (χ3v) is 7.71. The van der Waals surface area contributed by atoms with E-state index < -0.39 is 17.8 Å². The van der Waals surface area contributed by atoms with Gasteiger partial charge in [0.15, 0.2) is 0 Å². The summed E-state index contributed by atoms with van der Waals surface area (Å²) >= 11 is 5.58. The van der Waals surface area contributed by atoms with Crippen molar-refractivity contribution < 1.29 is 19.1 Å². The fraction of sp³-hybridized carbons (Fsp3) is 0.0690. The van der Waals surface area contributed by atoms with Crippen molar-refractivity contribution in [3.05, 3.63) is 109 Å². The quantitative estimate of drug-likeness (QED) is 0.145. The van der Waals surface area contributed by atoms with Crippen LogP contribution in [0.15, 0.2) is 88.9 Å². The average Bonchev–Trinajstić information content (AvgIpc) is 2.88. The lowest BCUT2D eigenvalue weighted by atomic mass is 10.1. The zero-order valence-corrected chi connectivity index (χ0v) is 23.4. The van der Waals surface area contributed by atoms with Gasteiger partial charge in [0.1, 0.15) is 17.9 Å². The topological polar surface area (TPSA) is 75.7 Å². The van der Waals surface area contributed by atoms with Gasteiger partial charge < -0.3 is 4.74 Å². The minimum atomic E-state index is -0.777. The van der Waals surface area contributed by atoms with Gasteiger partial charge in [0.25, 0.3) is 11.8 Å². The molecule has 0 spiro atoms. The number of hydrogen-bond donors (Lipinski definition) is 1. The van der Waals surface area contributed by atoms with Crippen LogP contribution in [0.1, 0.15) is 16.7 Å². The molecule has 0 saturated carbocycles. The summed E-state index contributed by atoms with van der Waals surface area (Å²) in [6, 6.07) is 24.1. The van der Waals surface area contributed by atoms with Crippen molar-refractivity contribution in [2.45, 2.75) is 13.5 Å². The highest BCUT2D eigenvalue weighted by molar-refractivity contribution is 14.1. The Kier molecular flexibility index (Phi) is 7.12. The van der Waals surface area contributed by atoms with E-state index in [9.17, 15) is 14.4 Å². The lowest BCUT2D eigenvalue weighted by Crippen LogP contribution is -2.54. The molecule has 0 atom stereocenters. The Bertz CT molecular complexity index is 1620. The van der Waals surface area contributed by atoms with Crippen LogP contribution in [0.4, 0.5) is 10.5 Å². The van der Waals surface area contributed by atoms with E-state index in [1.54, 1.807) is 30.3 Å². The number of imide groups is 2. The monoisotopic (exact) mass is 666 g/mol. The summed E-state index contributed by atoms with van der Waals surface area (Å²) in [6.45, 7) is 2.26. The molecular weight excluding hydrogens is 647 g/mol. The average molecular weight is 667 g/mol. The molecule has 37 heavy (non-hydrogen) atoms. The smallest absolute Gasteiger partial charge is 0.335 e. The van der Waals surface area contributed by atoms with Crippen LogP contribution < -0.4 is 15.0 Å². The van der Waals surface area contributed by atoms with E-state index in [2.05, 4.69) is 68.1 Å². The largest absolute Gasteiger partial charge is 0.488 e. The summed E-state index contributed by atoms with van der Waals surface area (Å²) < 4.78 is 7.72. The van der Waals surface area contributed by atoms with Gasteiger partial charge in [-0.3, -0.25) is 14.9 Å². The number of benzene rings is 4. The fourth-order valence-electron chi connectivity index (χ4n) is 4.04. The summed E-state index contributed by atoms with van der Waals surface area (Å²) in [5.41, 5.74) is 2.81. The van der Waals surface area contributed by atoms with Crippen LogP contribution in [0.3, 0.4) is 0 Å². The highest BCUT2D eigenvalue weighted by atomic mass is 127. The lowest BCUT2D eigenvalue weighted by molar-refractivity contribution is -0.122. The fourth-order valence-corrected chi connectivity index (χ4v) is 4.98. The highest BCUT2D eigenvalue weighted by Crippen LogP contribution is 2.28. The van der Waals surface area contributed by atoms with Gasteiger partial charge in [-0.25, -0.2) is 9.69 Å². The maximum absolute atomic E-state index is 13.2. The normalized spacial score (nSPS) is 14.8. The Morgan fingerprint density at radius 2 is 1.73 bits per heavy atom. The number of hydrogen-bond acceptors (Lipinski definition) is 4. The number of anilines is 1. The molecule has 1 fully saturated rings. The van der Waals surface area contributed by atoms with E-state index >= 15 is 0 Å². The van der Waals surface area contributed by atoms with E-state index in [0.29, 0.717) is 23.6 Å². The van der Waals surface area contributed by atoms with Crippen molar-refractivity contribution >= 4 is 78.9 Å². The predicted molar refractivity (Wildman–Crippen MR) is 155 cm³/mol. The zero-order valence-electron chi connectivity index (χ0n) is 19.6. The Balaban J connectivity index is 1.36. The molecule has 1 heterocycles. The number of fused-ring (bicyclic) bond motifs is 1. The summed E-state index contributed by atoms with van der Waals surface area (Å²) in [5.74, 6) is -0.716. The van der Waals surface area contributed by atoms with Crippen LogP contribution in [0.2, 0.25) is 0 Å². The van der Waals surface area contributed by atoms with Gasteiger partial charge in [-0.1, -0.05) is 58.4 Å². The number of nitrogens with zero attached hydrogens (tertiary/aromatic N) is 1. The first-order chi connectivity index (χ1) is 17.8. The van der Waals surface area contributed by atoms with E-state index in [-0.39, 0.29) is 5.57 Å². The molecule has 1 aliphatic rings. The van der Waals surface area contributed by atoms with Crippen molar-refractivity contribution in [2.75, 3.05) is 4.90 Å². The van der Waals surface area contributed by atoms with Gasteiger partial charge in [-0.05, 0) is 99.5 Å². The highest BCUT2D eigenvalue weighted by Gasteiger charge is 2.37. The van der Waals surface area contributed by atoms with Gasteiger partial charge in [-0.15, -0.1) is 0 Å². The second-order valence-electron chi connectivity index (χ2n) is 8.55. The maximum Gasteiger partial charge on any atom is 0.335 e. The molecule has 1 saturated heterocycles. The van der Waals surface area contributed by atoms with Gasteiger partial charge in [-0.2, -0.15) is 0 Å². The summed E-state index contributed by atoms with van der Waals surface area (Å²) in [7, 11) is 0. The van der Waals surface area contributed by atoms with Gasteiger partial charge in [0, 0.05) is 4.47 Å². The maximum atomic E-state index is 13.2. The molecule has 0 radical (unpaired) electrons. The van der Waals surface area contributed by atoms with Crippen LogP contribution in [-0.2, 0) is 16.2 Å². The Labute approximate surface area is 235 Å². The number of nitrogens with one attached hydrogen (secondary N) is 1. The Hall–Kier alpha value is -3.50. The van der Waals surface area contributed by atoms with Crippen LogP contribution in [0.5, 0.6) is 5.75 Å². The Morgan fingerprint density at radius 3 is 2.49 bits per heavy atom. The zero-order chi connectivity index (χ0) is 26.1. The third kappa shape index (κ3) is 5.30. The van der Waals surface area contributed by atoms with E-state index in [0.717, 1.165) is 29.5 Å². The standard InChI is InChI=1S/C29H20BrIN2O4/c1-17-12-22(9-10-24(17)30)33-28(35)23(27(34)32-29(33)36)14-18-7-11-26(25(31)15-18)37-16-19-6-8-20-4-2-3-5-21(20)13-19/h2-15H,16H2,1H3,(H,32,34,36)/b23-14+. The minimum absolute atomic E-state index is 0.124. The van der Waals surface area contributed by atoms with Crippen LogP contribution in [0.25, 0.3) is 16.8 Å². The second-order valence-corrected chi connectivity index (χ2v) is 10.6. The van der Waals surface area contributed by atoms with E-state index in [4.69, 9.17) is 4.74 Å². The number of carbonyl (C=O) groups is 3. The van der Waals surface area contributed by atoms with Crippen LogP contribution in [-0.4, -0.2) is 17.8 Å². The third-order valence-electron chi connectivity index (χ3n) is 5.98. The molecule has 8 heteroatoms. The molecule has 1 N–H and O–H groups in total. The molecule has 0 unspecified atom stereocenters. The lowest BCUT2D eigenvalue weighted by Gasteiger charge is -2.26. The van der Waals surface area contributed by atoms with Crippen molar-refractivity contribution in [3.63, 3.8) is 0 Å². The van der Waals surface area contributed by atoms with Crippen molar-refractivity contribution in [2.24, 2.45) is 0 Å². The van der Waals surface area contributed by atoms with Gasteiger partial charge >= 0.3 is 6.03 Å². The Morgan fingerprint density at radius 1 is 0.946 bits per heavy atom. The molecule has 184 valence electrons. The van der Waals surface area contributed by atoms with Crippen LogP contribution >= 0.6 is 38.5 Å².